The van der Waals surface area contributed by atoms with E-state index in [1.807, 2.05) is 0 Å². The molecule has 0 saturated carbocycles. The Kier molecular flexibility index (Phi) is 4.02. The lowest BCUT2D eigenvalue weighted by Crippen LogP contribution is -2.27. The van der Waals surface area contributed by atoms with Crippen LogP contribution in [0.15, 0.2) is 42.6 Å². The molecule has 6 heteroatoms. The number of amides is 1. The Hall–Kier alpha value is -2.47. The molecule has 1 aliphatic heterocycles. The van der Waals surface area contributed by atoms with Gasteiger partial charge in [0.15, 0.2) is 0 Å². The SMILES string of the molecule is NC1CC(=O)N(c2ccc(OCc3ccc(F)cc3)nc2)C1. The van der Waals surface area contributed by atoms with Gasteiger partial charge >= 0.3 is 0 Å². The first kappa shape index (κ1) is 14.5. The molecule has 2 heterocycles. The van der Waals surface area contributed by atoms with Gasteiger partial charge in [-0.15, -0.1) is 0 Å². The zero-order valence-electron chi connectivity index (χ0n) is 11.9. The highest BCUT2D eigenvalue weighted by Gasteiger charge is 2.28. The molecule has 1 aliphatic rings. The fraction of sp³-hybridized carbons (Fsp3) is 0.250. The summed E-state index contributed by atoms with van der Waals surface area (Å²) in [6.45, 7) is 0.816. The molecule has 1 aromatic carbocycles. The Balaban J connectivity index is 1.62. The number of nitrogens with zero attached hydrogens (tertiary/aromatic N) is 2. The maximum Gasteiger partial charge on any atom is 0.228 e. The van der Waals surface area contributed by atoms with Crippen LogP contribution in [0.4, 0.5) is 10.1 Å². The number of hydrogen-bond acceptors (Lipinski definition) is 4. The minimum Gasteiger partial charge on any atom is -0.473 e. The summed E-state index contributed by atoms with van der Waals surface area (Å²) in [5, 5.41) is 0. The lowest BCUT2D eigenvalue weighted by Gasteiger charge is -2.15. The number of pyridine rings is 1. The molecule has 3 rings (SSSR count). The molecule has 1 unspecified atom stereocenters. The standard InChI is InChI=1S/C16H16FN3O2/c17-12-3-1-11(2-4-12)10-22-15-6-5-14(8-19-15)20-9-13(18)7-16(20)21/h1-6,8,13H,7,9-10,18H2. The van der Waals surface area contributed by atoms with Gasteiger partial charge in [-0.3, -0.25) is 4.79 Å². The van der Waals surface area contributed by atoms with Crippen molar-refractivity contribution in [1.29, 1.82) is 0 Å². The number of halogens is 1. The van der Waals surface area contributed by atoms with Crippen LogP contribution in [0.5, 0.6) is 5.88 Å². The lowest BCUT2D eigenvalue weighted by atomic mass is 10.2. The van der Waals surface area contributed by atoms with E-state index < -0.39 is 0 Å². The van der Waals surface area contributed by atoms with Crippen LogP contribution in [0.2, 0.25) is 0 Å². The van der Waals surface area contributed by atoms with Crippen LogP contribution in [0.25, 0.3) is 0 Å². The summed E-state index contributed by atoms with van der Waals surface area (Å²) >= 11 is 0. The van der Waals surface area contributed by atoms with Crippen LogP contribution in [-0.4, -0.2) is 23.5 Å². The Labute approximate surface area is 127 Å². The lowest BCUT2D eigenvalue weighted by molar-refractivity contribution is -0.117. The molecule has 1 amide bonds. The highest BCUT2D eigenvalue weighted by atomic mass is 19.1. The average Bonchev–Trinajstić information content (AvgIpc) is 2.86. The summed E-state index contributed by atoms with van der Waals surface area (Å²) in [5.74, 6) is 0.179. The van der Waals surface area contributed by atoms with E-state index in [4.69, 9.17) is 10.5 Å². The van der Waals surface area contributed by atoms with Crippen LogP contribution < -0.4 is 15.4 Å². The fourth-order valence-electron chi connectivity index (χ4n) is 2.34. The number of carbonyl (C=O) groups is 1. The van der Waals surface area contributed by atoms with E-state index in [-0.39, 0.29) is 17.8 Å². The van der Waals surface area contributed by atoms with E-state index in [2.05, 4.69) is 4.98 Å². The van der Waals surface area contributed by atoms with Gasteiger partial charge in [0.2, 0.25) is 11.8 Å². The number of anilines is 1. The van der Waals surface area contributed by atoms with Crippen LogP contribution >= 0.6 is 0 Å². The minimum absolute atomic E-state index is 0.00859. The minimum atomic E-state index is -0.278. The first-order valence-corrected chi connectivity index (χ1v) is 7.01. The average molecular weight is 301 g/mol. The van der Waals surface area contributed by atoms with Crippen molar-refractivity contribution in [2.45, 2.75) is 19.1 Å². The van der Waals surface area contributed by atoms with Gasteiger partial charge < -0.3 is 15.4 Å². The second kappa shape index (κ2) is 6.11. The predicted molar refractivity (Wildman–Crippen MR) is 79.9 cm³/mol. The first-order chi connectivity index (χ1) is 10.6. The molecule has 0 radical (unpaired) electrons. The normalized spacial score (nSPS) is 17.8. The molecular weight excluding hydrogens is 285 g/mol. The van der Waals surface area contributed by atoms with Gasteiger partial charge in [-0.1, -0.05) is 12.1 Å². The maximum absolute atomic E-state index is 12.8. The van der Waals surface area contributed by atoms with E-state index in [1.54, 1.807) is 35.4 Å². The van der Waals surface area contributed by atoms with Crippen molar-refractivity contribution in [3.05, 3.63) is 54.0 Å². The van der Waals surface area contributed by atoms with Gasteiger partial charge in [-0.2, -0.15) is 0 Å². The van der Waals surface area contributed by atoms with Gasteiger partial charge in [0.25, 0.3) is 0 Å². The van der Waals surface area contributed by atoms with Gasteiger partial charge in [0, 0.05) is 25.1 Å². The van der Waals surface area contributed by atoms with Crippen LogP contribution in [0.1, 0.15) is 12.0 Å². The summed E-state index contributed by atoms with van der Waals surface area (Å²) < 4.78 is 18.3. The molecule has 5 nitrogen and oxygen atoms in total. The molecule has 114 valence electrons. The van der Waals surface area contributed by atoms with Crippen molar-refractivity contribution in [2.75, 3.05) is 11.4 Å². The second-order valence-corrected chi connectivity index (χ2v) is 5.24. The molecule has 1 saturated heterocycles. The first-order valence-electron chi connectivity index (χ1n) is 7.01. The van der Waals surface area contributed by atoms with Crippen molar-refractivity contribution < 1.29 is 13.9 Å². The number of aromatic nitrogens is 1. The molecule has 2 aromatic rings. The highest BCUT2D eigenvalue weighted by molar-refractivity contribution is 5.96. The summed E-state index contributed by atoms with van der Waals surface area (Å²) in [6, 6.07) is 9.46. The Bertz CT molecular complexity index is 658. The van der Waals surface area contributed by atoms with E-state index in [0.29, 0.717) is 31.1 Å². The molecule has 1 fully saturated rings. The zero-order chi connectivity index (χ0) is 15.5. The monoisotopic (exact) mass is 301 g/mol. The van der Waals surface area contributed by atoms with Gasteiger partial charge in [0.1, 0.15) is 12.4 Å². The molecule has 1 aromatic heterocycles. The molecular formula is C16H16FN3O2. The summed E-state index contributed by atoms with van der Waals surface area (Å²) in [4.78, 5) is 17.6. The molecule has 0 bridgehead atoms. The third-order valence-electron chi connectivity index (χ3n) is 3.49. The topological polar surface area (TPSA) is 68.5 Å². The smallest absolute Gasteiger partial charge is 0.228 e. The number of benzene rings is 1. The van der Waals surface area contributed by atoms with Gasteiger partial charge in [-0.05, 0) is 23.8 Å². The molecule has 0 aliphatic carbocycles. The van der Waals surface area contributed by atoms with E-state index >= 15 is 0 Å². The Morgan fingerprint density at radius 3 is 2.64 bits per heavy atom. The molecule has 0 spiro atoms. The molecule has 1 atom stereocenters. The van der Waals surface area contributed by atoms with Crippen molar-refractivity contribution >= 4 is 11.6 Å². The number of ether oxygens (including phenoxy) is 1. The molecule has 2 N–H and O–H groups in total. The van der Waals surface area contributed by atoms with Crippen LogP contribution in [0, 0.1) is 5.82 Å². The third-order valence-corrected chi connectivity index (χ3v) is 3.49. The number of hydrogen-bond donors (Lipinski definition) is 1. The van der Waals surface area contributed by atoms with Crippen molar-refractivity contribution in [2.24, 2.45) is 5.73 Å². The summed E-state index contributed by atoms with van der Waals surface area (Å²) in [7, 11) is 0. The van der Waals surface area contributed by atoms with Gasteiger partial charge in [-0.25, -0.2) is 9.37 Å². The van der Waals surface area contributed by atoms with Crippen molar-refractivity contribution in [3.63, 3.8) is 0 Å². The van der Waals surface area contributed by atoms with Gasteiger partial charge in [0.05, 0.1) is 11.9 Å². The van der Waals surface area contributed by atoms with E-state index in [0.717, 1.165) is 5.56 Å². The number of nitrogens with two attached hydrogens (primary N) is 1. The number of carbonyl (C=O) groups excluding carboxylic acids is 1. The highest BCUT2D eigenvalue weighted by Crippen LogP contribution is 2.22. The van der Waals surface area contributed by atoms with Crippen LogP contribution in [0.3, 0.4) is 0 Å². The fourth-order valence-corrected chi connectivity index (χ4v) is 2.34. The predicted octanol–water partition coefficient (Wildman–Crippen LogP) is 1.86. The largest absolute Gasteiger partial charge is 0.473 e. The maximum atomic E-state index is 12.8. The molecule has 22 heavy (non-hydrogen) atoms. The van der Waals surface area contributed by atoms with E-state index in [1.165, 1.54) is 12.1 Å². The number of rotatable bonds is 4. The van der Waals surface area contributed by atoms with Crippen molar-refractivity contribution in [3.8, 4) is 5.88 Å². The third kappa shape index (κ3) is 3.23. The second-order valence-electron chi connectivity index (χ2n) is 5.24. The quantitative estimate of drug-likeness (QED) is 0.936. The van der Waals surface area contributed by atoms with Crippen molar-refractivity contribution in [1.82, 2.24) is 4.98 Å². The zero-order valence-corrected chi connectivity index (χ0v) is 11.9. The Morgan fingerprint density at radius 2 is 2.05 bits per heavy atom. The Morgan fingerprint density at radius 1 is 1.27 bits per heavy atom. The summed E-state index contributed by atoms with van der Waals surface area (Å²) in [5.41, 5.74) is 7.34. The summed E-state index contributed by atoms with van der Waals surface area (Å²) in [6.07, 6.45) is 1.96. The van der Waals surface area contributed by atoms with Crippen LogP contribution in [-0.2, 0) is 11.4 Å². The van der Waals surface area contributed by atoms with E-state index in [9.17, 15) is 9.18 Å².